The normalized spacial score (nSPS) is 14.8. The van der Waals surface area contributed by atoms with Gasteiger partial charge in [-0.15, -0.1) is 0 Å². The highest BCUT2D eigenvalue weighted by Gasteiger charge is 2.20. The number of carbonyl (C=O) groups excluding carboxylic acids is 1. The van der Waals surface area contributed by atoms with E-state index in [0.29, 0.717) is 25.0 Å². The lowest BCUT2D eigenvalue weighted by Crippen LogP contribution is -2.34. The minimum Gasteiger partial charge on any atom is -0.351 e. The molecule has 1 saturated carbocycles. The SMILES string of the molecule is CC(C)c1ccc(CNC(=O)CNC2CC2)cc1. The van der Waals surface area contributed by atoms with Gasteiger partial charge in [0.1, 0.15) is 0 Å². The predicted molar refractivity (Wildman–Crippen MR) is 73.4 cm³/mol. The van der Waals surface area contributed by atoms with E-state index in [2.05, 4.69) is 48.7 Å². The van der Waals surface area contributed by atoms with Crippen molar-refractivity contribution >= 4 is 5.91 Å². The van der Waals surface area contributed by atoms with Crippen molar-refractivity contribution < 1.29 is 4.79 Å². The Balaban J connectivity index is 1.73. The largest absolute Gasteiger partial charge is 0.351 e. The molecule has 1 aromatic carbocycles. The molecule has 2 N–H and O–H groups in total. The van der Waals surface area contributed by atoms with E-state index in [1.54, 1.807) is 0 Å². The van der Waals surface area contributed by atoms with Crippen LogP contribution in [0, 0.1) is 0 Å². The lowest BCUT2D eigenvalue weighted by molar-refractivity contribution is -0.120. The molecule has 0 heterocycles. The molecule has 3 nitrogen and oxygen atoms in total. The molecule has 0 unspecified atom stereocenters. The lowest BCUT2D eigenvalue weighted by Gasteiger charge is -2.08. The van der Waals surface area contributed by atoms with Crippen molar-refractivity contribution in [2.45, 2.75) is 45.2 Å². The Kier molecular flexibility index (Phi) is 4.37. The monoisotopic (exact) mass is 246 g/mol. The summed E-state index contributed by atoms with van der Waals surface area (Å²) in [4.78, 5) is 11.6. The summed E-state index contributed by atoms with van der Waals surface area (Å²) < 4.78 is 0. The van der Waals surface area contributed by atoms with E-state index < -0.39 is 0 Å². The van der Waals surface area contributed by atoms with Crippen LogP contribution in [0.5, 0.6) is 0 Å². The first-order valence-electron chi connectivity index (χ1n) is 6.74. The second-order valence-electron chi connectivity index (χ2n) is 5.33. The molecule has 0 spiro atoms. The Labute approximate surface area is 109 Å². The number of hydrogen-bond donors (Lipinski definition) is 2. The Morgan fingerprint density at radius 3 is 2.50 bits per heavy atom. The molecule has 0 aliphatic heterocycles. The molecular formula is C15H22N2O. The molecule has 0 atom stereocenters. The second kappa shape index (κ2) is 6.01. The third kappa shape index (κ3) is 4.15. The maximum absolute atomic E-state index is 11.6. The molecule has 1 aromatic rings. The van der Waals surface area contributed by atoms with E-state index in [4.69, 9.17) is 0 Å². The second-order valence-corrected chi connectivity index (χ2v) is 5.33. The number of nitrogens with one attached hydrogen (secondary N) is 2. The van der Waals surface area contributed by atoms with Crippen LogP contribution < -0.4 is 10.6 Å². The van der Waals surface area contributed by atoms with E-state index >= 15 is 0 Å². The van der Waals surface area contributed by atoms with Crippen LogP contribution in [0.1, 0.15) is 43.7 Å². The van der Waals surface area contributed by atoms with Gasteiger partial charge in [-0.3, -0.25) is 4.79 Å². The van der Waals surface area contributed by atoms with Gasteiger partial charge in [-0.2, -0.15) is 0 Å². The van der Waals surface area contributed by atoms with E-state index in [0.717, 1.165) is 5.56 Å². The topological polar surface area (TPSA) is 41.1 Å². The summed E-state index contributed by atoms with van der Waals surface area (Å²) >= 11 is 0. The molecule has 1 aliphatic rings. The fraction of sp³-hybridized carbons (Fsp3) is 0.533. The van der Waals surface area contributed by atoms with Crippen LogP contribution in [0.25, 0.3) is 0 Å². The molecule has 0 aromatic heterocycles. The maximum Gasteiger partial charge on any atom is 0.234 e. The average molecular weight is 246 g/mol. The summed E-state index contributed by atoms with van der Waals surface area (Å²) in [7, 11) is 0. The molecule has 0 saturated heterocycles. The summed E-state index contributed by atoms with van der Waals surface area (Å²) in [5, 5.41) is 6.13. The van der Waals surface area contributed by atoms with Crippen molar-refractivity contribution in [3.63, 3.8) is 0 Å². The lowest BCUT2D eigenvalue weighted by atomic mass is 10.0. The quantitative estimate of drug-likeness (QED) is 0.807. The predicted octanol–water partition coefficient (Wildman–Crippen LogP) is 2.18. The Hall–Kier alpha value is -1.35. The summed E-state index contributed by atoms with van der Waals surface area (Å²) in [6.45, 7) is 5.42. The third-order valence-electron chi connectivity index (χ3n) is 3.26. The van der Waals surface area contributed by atoms with E-state index in [9.17, 15) is 4.79 Å². The van der Waals surface area contributed by atoms with Crippen LogP contribution in [0.15, 0.2) is 24.3 Å². The Morgan fingerprint density at radius 2 is 1.94 bits per heavy atom. The standard InChI is InChI=1S/C15H22N2O/c1-11(2)13-5-3-12(4-6-13)9-17-15(18)10-16-14-7-8-14/h3-6,11,14,16H,7-10H2,1-2H3,(H,17,18). The fourth-order valence-electron chi connectivity index (χ4n) is 1.81. The zero-order chi connectivity index (χ0) is 13.0. The third-order valence-corrected chi connectivity index (χ3v) is 3.26. The van der Waals surface area contributed by atoms with Crippen molar-refractivity contribution in [1.82, 2.24) is 10.6 Å². The maximum atomic E-state index is 11.6. The number of hydrogen-bond acceptors (Lipinski definition) is 2. The van der Waals surface area contributed by atoms with Crippen molar-refractivity contribution in [2.24, 2.45) is 0 Å². The number of amides is 1. The van der Waals surface area contributed by atoms with Crippen molar-refractivity contribution in [3.05, 3.63) is 35.4 Å². The minimum absolute atomic E-state index is 0.0786. The van der Waals surface area contributed by atoms with Gasteiger partial charge in [-0.05, 0) is 29.9 Å². The van der Waals surface area contributed by atoms with Crippen molar-refractivity contribution in [2.75, 3.05) is 6.54 Å². The molecule has 1 fully saturated rings. The van der Waals surface area contributed by atoms with Gasteiger partial charge >= 0.3 is 0 Å². The van der Waals surface area contributed by atoms with E-state index in [1.165, 1.54) is 18.4 Å². The van der Waals surface area contributed by atoms with Crippen LogP contribution in [-0.4, -0.2) is 18.5 Å². The van der Waals surface area contributed by atoms with Gasteiger partial charge < -0.3 is 10.6 Å². The molecule has 2 rings (SSSR count). The molecule has 0 bridgehead atoms. The van der Waals surface area contributed by atoms with Crippen LogP contribution in [-0.2, 0) is 11.3 Å². The van der Waals surface area contributed by atoms with E-state index in [-0.39, 0.29) is 5.91 Å². The fourth-order valence-corrected chi connectivity index (χ4v) is 1.81. The Bertz CT molecular complexity index is 393. The van der Waals surface area contributed by atoms with Gasteiger partial charge in [0.2, 0.25) is 5.91 Å². The minimum atomic E-state index is 0.0786. The van der Waals surface area contributed by atoms with Gasteiger partial charge in [0.05, 0.1) is 6.54 Å². The first-order valence-corrected chi connectivity index (χ1v) is 6.74. The molecule has 98 valence electrons. The summed E-state index contributed by atoms with van der Waals surface area (Å²) in [6.07, 6.45) is 2.42. The van der Waals surface area contributed by atoms with Gasteiger partial charge in [0.25, 0.3) is 0 Å². The first kappa shape index (κ1) is 13.1. The molecular weight excluding hydrogens is 224 g/mol. The number of rotatable bonds is 6. The molecule has 18 heavy (non-hydrogen) atoms. The van der Waals surface area contributed by atoms with Gasteiger partial charge in [0, 0.05) is 12.6 Å². The zero-order valence-electron chi connectivity index (χ0n) is 11.2. The summed E-state index contributed by atoms with van der Waals surface area (Å²) in [5.41, 5.74) is 2.49. The van der Waals surface area contributed by atoms with Crippen LogP contribution in [0.2, 0.25) is 0 Å². The van der Waals surface area contributed by atoms with Crippen LogP contribution in [0.4, 0.5) is 0 Å². The molecule has 0 radical (unpaired) electrons. The van der Waals surface area contributed by atoms with Crippen molar-refractivity contribution in [1.29, 1.82) is 0 Å². The zero-order valence-corrected chi connectivity index (χ0v) is 11.2. The van der Waals surface area contributed by atoms with Gasteiger partial charge in [-0.1, -0.05) is 38.1 Å². The number of benzene rings is 1. The smallest absolute Gasteiger partial charge is 0.234 e. The highest BCUT2D eigenvalue weighted by Crippen LogP contribution is 2.18. The van der Waals surface area contributed by atoms with Crippen LogP contribution in [0.3, 0.4) is 0 Å². The average Bonchev–Trinajstić information content (AvgIpc) is 3.18. The molecule has 3 heteroatoms. The highest BCUT2D eigenvalue weighted by atomic mass is 16.1. The summed E-state index contributed by atoms with van der Waals surface area (Å²) in [5.74, 6) is 0.631. The Morgan fingerprint density at radius 1 is 1.28 bits per heavy atom. The van der Waals surface area contributed by atoms with E-state index in [1.807, 2.05) is 0 Å². The summed E-state index contributed by atoms with van der Waals surface area (Å²) in [6, 6.07) is 9.03. The van der Waals surface area contributed by atoms with Crippen LogP contribution >= 0.6 is 0 Å². The van der Waals surface area contributed by atoms with Crippen molar-refractivity contribution in [3.8, 4) is 0 Å². The van der Waals surface area contributed by atoms with Gasteiger partial charge in [-0.25, -0.2) is 0 Å². The number of carbonyl (C=O) groups is 1. The highest BCUT2D eigenvalue weighted by molar-refractivity contribution is 5.78. The molecule has 1 aliphatic carbocycles. The van der Waals surface area contributed by atoms with Gasteiger partial charge in [0.15, 0.2) is 0 Å². The first-order chi connectivity index (χ1) is 8.65. The molecule has 1 amide bonds.